The van der Waals surface area contributed by atoms with Crippen molar-refractivity contribution >= 4 is 23.5 Å². The summed E-state index contributed by atoms with van der Waals surface area (Å²) < 4.78 is 0. The van der Waals surface area contributed by atoms with Crippen molar-refractivity contribution in [2.24, 2.45) is 5.10 Å². The summed E-state index contributed by atoms with van der Waals surface area (Å²) in [5, 5.41) is 25.9. The standard InChI is InChI=1S/C11H15N3O2S/c1-7(2)13-11(17)14-12-6-8-4-3-5-9(15)10(8)16/h3-7,15-16H,1-2H3,(H2,13,14,17)/b12-6-. The number of thiocarbonyl (C=S) groups is 1. The van der Waals surface area contributed by atoms with E-state index in [1.807, 2.05) is 13.8 Å². The molecular formula is C11H15N3O2S. The molecule has 4 N–H and O–H groups in total. The van der Waals surface area contributed by atoms with Crippen LogP contribution in [0.1, 0.15) is 19.4 Å². The van der Waals surface area contributed by atoms with Crippen LogP contribution in [0, 0.1) is 0 Å². The topological polar surface area (TPSA) is 76.9 Å². The van der Waals surface area contributed by atoms with E-state index in [4.69, 9.17) is 12.2 Å². The zero-order valence-electron chi connectivity index (χ0n) is 9.64. The lowest BCUT2D eigenvalue weighted by molar-refractivity contribution is 0.403. The predicted octanol–water partition coefficient (Wildman–Crippen LogP) is 1.30. The number of para-hydroxylation sites is 1. The Morgan fingerprint density at radius 3 is 2.76 bits per heavy atom. The fraction of sp³-hybridized carbons (Fsp3) is 0.273. The number of phenols is 2. The van der Waals surface area contributed by atoms with Gasteiger partial charge in [0.1, 0.15) is 0 Å². The van der Waals surface area contributed by atoms with Crippen molar-refractivity contribution in [1.82, 2.24) is 10.7 Å². The van der Waals surface area contributed by atoms with E-state index in [1.54, 1.807) is 12.1 Å². The molecule has 0 saturated carbocycles. The number of benzene rings is 1. The highest BCUT2D eigenvalue weighted by Gasteiger charge is 2.02. The van der Waals surface area contributed by atoms with Gasteiger partial charge in [0.25, 0.3) is 0 Å². The lowest BCUT2D eigenvalue weighted by atomic mass is 10.2. The lowest BCUT2D eigenvalue weighted by Crippen LogP contribution is -2.36. The van der Waals surface area contributed by atoms with E-state index < -0.39 is 0 Å². The van der Waals surface area contributed by atoms with E-state index in [9.17, 15) is 10.2 Å². The van der Waals surface area contributed by atoms with Crippen molar-refractivity contribution in [2.45, 2.75) is 19.9 Å². The first kappa shape index (κ1) is 13.2. The average Bonchev–Trinajstić information content (AvgIpc) is 2.23. The largest absolute Gasteiger partial charge is 0.504 e. The summed E-state index contributed by atoms with van der Waals surface area (Å²) in [6.07, 6.45) is 1.38. The van der Waals surface area contributed by atoms with Crippen LogP contribution in [-0.2, 0) is 0 Å². The Labute approximate surface area is 105 Å². The maximum Gasteiger partial charge on any atom is 0.187 e. The maximum absolute atomic E-state index is 9.49. The average molecular weight is 253 g/mol. The van der Waals surface area contributed by atoms with Crippen LogP contribution >= 0.6 is 12.2 Å². The molecule has 1 aromatic rings. The molecule has 5 nitrogen and oxygen atoms in total. The van der Waals surface area contributed by atoms with Crippen LogP contribution in [0.5, 0.6) is 11.5 Å². The van der Waals surface area contributed by atoms with Crippen molar-refractivity contribution in [3.8, 4) is 11.5 Å². The van der Waals surface area contributed by atoms with Crippen molar-refractivity contribution < 1.29 is 10.2 Å². The molecule has 0 amide bonds. The zero-order valence-corrected chi connectivity index (χ0v) is 10.5. The van der Waals surface area contributed by atoms with Crippen LogP contribution in [0.4, 0.5) is 0 Å². The molecule has 6 heteroatoms. The molecule has 1 aromatic carbocycles. The number of phenolic OH excluding ortho intramolecular Hbond substituents is 2. The van der Waals surface area contributed by atoms with E-state index in [1.165, 1.54) is 12.3 Å². The highest BCUT2D eigenvalue weighted by molar-refractivity contribution is 7.80. The number of nitrogens with zero attached hydrogens (tertiary/aromatic N) is 1. The third-order valence-electron chi connectivity index (χ3n) is 1.84. The molecule has 92 valence electrons. The van der Waals surface area contributed by atoms with Crippen LogP contribution in [0.3, 0.4) is 0 Å². The van der Waals surface area contributed by atoms with E-state index in [0.29, 0.717) is 10.7 Å². The molecule has 0 bridgehead atoms. The Balaban J connectivity index is 2.60. The Morgan fingerprint density at radius 1 is 1.41 bits per heavy atom. The number of aromatic hydroxyl groups is 2. The second-order valence-corrected chi connectivity index (χ2v) is 4.12. The molecule has 0 spiro atoms. The monoisotopic (exact) mass is 253 g/mol. The molecule has 0 heterocycles. The van der Waals surface area contributed by atoms with E-state index in [2.05, 4.69) is 15.8 Å². The van der Waals surface area contributed by atoms with E-state index >= 15 is 0 Å². The van der Waals surface area contributed by atoms with Gasteiger partial charge in [0, 0.05) is 11.6 Å². The SMILES string of the molecule is CC(C)NC(=S)N/N=C\c1cccc(O)c1O. The minimum absolute atomic E-state index is 0.183. The first-order chi connectivity index (χ1) is 8.00. The molecule has 0 atom stereocenters. The highest BCUT2D eigenvalue weighted by atomic mass is 32.1. The summed E-state index contributed by atoms with van der Waals surface area (Å²) in [7, 11) is 0. The van der Waals surface area contributed by atoms with E-state index in [-0.39, 0.29) is 17.5 Å². The number of rotatable bonds is 3. The molecule has 1 rings (SSSR count). The van der Waals surface area contributed by atoms with E-state index in [0.717, 1.165) is 0 Å². The highest BCUT2D eigenvalue weighted by Crippen LogP contribution is 2.26. The molecule has 0 aromatic heterocycles. The van der Waals surface area contributed by atoms with Gasteiger partial charge in [-0.05, 0) is 38.2 Å². The molecule has 0 saturated heterocycles. The number of nitrogens with one attached hydrogen (secondary N) is 2. The quantitative estimate of drug-likeness (QED) is 0.283. The molecule has 0 unspecified atom stereocenters. The van der Waals surface area contributed by atoms with Crippen LogP contribution in [0.2, 0.25) is 0 Å². The molecular weight excluding hydrogens is 238 g/mol. The van der Waals surface area contributed by atoms with Gasteiger partial charge in [-0.3, -0.25) is 5.43 Å². The fourth-order valence-corrected chi connectivity index (χ4v) is 1.40. The molecule has 0 aliphatic heterocycles. The smallest absolute Gasteiger partial charge is 0.187 e. The third-order valence-corrected chi connectivity index (χ3v) is 2.04. The van der Waals surface area contributed by atoms with Crippen molar-refractivity contribution in [3.05, 3.63) is 23.8 Å². The minimum atomic E-state index is -0.208. The maximum atomic E-state index is 9.49. The molecule has 0 aliphatic carbocycles. The molecule has 0 fully saturated rings. The van der Waals surface area contributed by atoms with Crippen LogP contribution in [-0.4, -0.2) is 27.6 Å². The summed E-state index contributed by atoms with van der Waals surface area (Å²) in [5.41, 5.74) is 3.01. The van der Waals surface area contributed by atoms with Crippen LogP contribution in [0.25, 0.3) is 0 Å². The fourth-order valence-electron chi connectivity index (χ4n) is 1.11. The van der Waals surface area contributed by atoms with Gasteiger partial charge in [-0.25, -0.2) is 0 Å². The van der Waals surface area contributed by atoms with Crippen molar-refractivity contribution in [2.75, 3.05) is 0 Å². The Kier molecular flexibility index (Phi) is 4.71. The number of hydrogen-bond acceptors (Lipinski definition) is 4. The third kappa shape index (κ3) is 4.28. The van der Waals surface area contributed by atoms with Gasteiger partial charge in [-0.2, -0.15) is 5.10 Å². The minimum Gasteiger partial charge on any atom is -0.504 e. The van der Waals surface area contributed by atoms with Gasteiger partial charge in [-0.1, -0.05) is 6.07 Å². The van der Waals surface area contributed by atoms with Gasteiger partial charge in [-0.15, -0.1) is 0 Å². The number of hydrogen-bond donors (Lipinski definition) is 4. The summed E-state index contributed by atoms with van der Waals surface area (Å²) in [6.45, 7) is 3.91. The summed E-state index contributed by atoms with van der Waals surface area (Å²) in [6, 6.07) is 4.85. The second-order valence-electron chi connectivity index (χ2n) is 3.71. The zero-order chi connectivity index (χ0) is 12.8. The van der Waals surface area contributed by atoms with Crippen LogP contribution < -0.4 is 10.7 Å². The van der Waals surface area contributed by atoms with Crippen molar-refractivity contribution in [3.63, 3.8) is 0 Å². The molecule has 0 radical (unpaired) electrons. The second kappa shape index (κ2) is 6.05. The number of hydrazone groups is 1. The van der Waals surface area contributed by atoms with Crippen LogP contribution in [0.15, 0.2) is 23.3 Å². The summed E-state index contributed by atoms with van der Waals surface area (Å²) in [5.74, 6) is -0.391. The Morgan fingerprint density at radius 2 is 2.12 bits per heavy atom. The Hall–Kier alpha value is -1.82. The first-order valence-electron chi connectivity index (χ1n) is 5.11. The Bertz CT molecular complexity index is 433. The van der Waals surface area contributed by atoms with Gasteiger partial charge in [0.2, 0.25) is 0 Å². The van der Waals surface area contributed by atoms with Gasteiger partial charge < -0.3 is 15.5 Å². The van der Waals surface area contributed by atoms with Gasteiger partial charge >= 0.3 is 0 Å². The first-order valence-corrected chi connectivity index (χ1v) is 5.52. The lowest BCUT2D eigenvalue weighted by Gasteiger charge is -2.09. The predicted molar refractivity (Wildman–Crippen MR) is 71.4 cm³/mol. The summed E-state index contributed by atoms with van der Waals surface area (Å²) >= 11 is 4.96. The molecule has 0 aliphatic rings. The normalized spacial score (nSPS) is 10.8. The van der Waals surface area contributed by atoms with Gasteiger partial charge in [0.05, 0.1) is 6.21 Å². The molecule has 17 heavy (non-hydrogen) atoms. The van der Waals surface area contributed by atoms with Gasteiger partial charge in [0.15, 0.2) is 16.6 Å². The summed E-state index contributed by atoms with van der Waals surface area (Å²) in [4.78, 5) is 0. The van der Waals surface area contributed by atoms with Crippen molar-refractivity contribution in [1.29, 1.82) is 0 Å².